The van der Waals surface area contributed by atoms with E-state index in [1.807, 2.05) is 6.92 Å². The molecule has 2 N–H and O–H groups in total. The Labute approximate surface area is 101 Å². The minimum atomic E-state index is -1.22. The van der Waals surface area contributed by atoms with Crippen LogP contribution in [0, 0.1) is 5.41 Å². The number of unbranched alkanes of at least 4 members (excludes halogenated alkanes) is 1. The van der Waals surface area contributed by atoms with Gasteiger partial charge in [0.1, 0.15) is 5.41 Å². The van der Waals surface area contributed by atoms with Crippen molar-refractivity contribution in [1.29, 1.82) is 0 Å². The summed E-state index contributed by atoms with van der Waals surface area (Å²) < 4.78 is 0. The second-order valence-corrected chi connectivity index (χ2v) is 4.22. The number of imide groups is 2. The van der Waals surface area contributed by atoms with Gasteiger partial charge < -0.3 is 0 Å². The van der Waals surface area contributed by atoms with Gasteiger partial charge in [-0.1, -0.05) is 31.4 Å². The van der Waals surface area contributed by atoms with Crippen LogP contribution in [0.1, 0.15) is 40.0 Å². The van der Waals surface area contributed by atoms with Crippen LogP contribution in [-0.2, 0) is 9.59 Å². The maximum absolute atomic E-state index is 12.0. The highest BCUT2D eigenvalue weighted by molar-refractivity contribution is 6.21. The molecule has 1 heterocycles. The van der Waals surface area contributed by atoms with Crippen molar-refractivity contribution in [2.24, 2.45) is 5.41 Å². The number of allylic oxidation sites excluding steroid dienone is 1. The molecule has 1 aliphatic rings. The van der Waals surface area contributed by atoms with Crippen molar-refractivity contribution in [3.05, 3.63) is 11.6 Å². The lowest BCUT2D eigenvalue weighted by Crippen LogP contribution is -2.62. The Hall–Kier alpha value is -1.65. The van der Waals surface area contributed by atoms with Crippen molar-refractivity contribution >= 4 is 17.8 Å². The first kappa shape index (κ1) is 13.4. The Bertz CT molecular complexity index is 365. The molecule has 94 valence electrons. The first-order valence-electron chi connectivity index (χ1n) is 5.79. The molecule has 4 amide bonds. The minimum absolute atomic E-state index is 0.421. The van der Waals surface area contributed by atoms with Gasteiger partial charge in [-0.3, -0.25) is 20.2 Å². The summed E-state index contributed by atoms with van der Waals surface area (Å²) in [7, 11) is 0. The van der Waals surface area contributed by atoms with Crippen molar-refractivity contribution in [2.45, 2.75) is 40.0 Å². The van der Waals surface area contributed by atoms with Crippen LogP contribution in [0.3, 0.4) is 0 Å². The van der Waals surface area contributed by atoms with Crippen LogP contribution in [0.15, 0.2) is 11.6 Å². The number of carbonyl (C=O) groups excluding carboxylic acids is 3. The Morgan fingerprint density at radius 2 is 1.76 bits per heavy atom. The van der Waals surface area contributed by atoms with Crippen molar-refractivity contribution in [1.82, 2.24) is 10.6 Å². The second kappa shape index (κ2) is 5.12. The van der Waals surface area contributed by atoms with Crippen LogP contribution in [0.4, 0.5) is 4.79 Å². The molecule has 0 unspecified atom stereocenters. The van der Waals surface area contributed by atoms with E-state index in [1.165, 1.54) is 0 Å². The van der Waals surface area contributed by atoms with E-state index >= 15 is 0 Å². The fourth-order valence-corrected chi connectivity index (χ4v) is 2.02. The lowest BCUT2D eigenvalue weighted by Gasteiger charge is -2.34. The fraction of sp³-hybridized carbons (Fsp3) is 0.583. The highest BCUT2D eigenvalue weighted by atomic mass is 16.2. The molecule has 17 heavy (non-hydrogen) atoms. The number of amides is 4. The Morgan fingerprint density at radius 1 is 1.24 bits per heavy atom. The highest BCUT2D eigenvalue weighted by Crippen LogP contribution is 2.35. The zero-order valence-electron chi connectivity index (χ0n) is 10.4. The number of barbiturate groups is 1. The predicted octanol–water partition coefficient (Wildman–Crippen LogP) is 1.50. The molecular formula is C12H18N2O3. The van der Waals surface area contributed by atoms with Gasteiger partial charge in [0, 0.05) is 0 Å². The normalized spacial score (nSPS) is 19.9. The van der Waals surface area contributed by atoms with E-state index < -0.39 is 23.3 Å². The van der Waals surface area contributed by atoms with Gasteiger partial charge in [-0.2, -0.15) is 0 Å². The number of urea groups is 1. The topological polar surface area (TPSA) is 75.3 Å². The van der Waals surface area contributed by atoms with Crippen molar-refractivity contribution in [2.75, 3.05) is 0 Å². The Balaban J connectivity index is 3.16. The first-order valence-corrected chi connectivity index (χ1v) is 5.79. The summed E-state index contributed by atoms with van der Waals surface area (Å²) in [6, 6.07) is -0.740. The largest absolute Gasteiger partial charge is 0.328 e. The summed E-state index contributed by atoms with van der Waals surface area (Å²) >= 11 is 0. The molecule has 0 atom stereocenters. The van der Waals surface area contributed by atoms with E-state index in [0.29, 0.717) is 12.0 Å². The van der Waals surface area contributed by atoms with Crippen molar-refractivity contribution < 1.29 is 14.4 Å². The maximum atomic E-state index is 12.0. The lowest BCUT2D eigenvalue weighted by molar-refractivity contribution is -0.142. The zero-order chi connectivity index (χ0) is 13.1. The number of carbonyl (C=O) groups is 3. The summed E-state index contributed by atoms with van der Waals surface area (Å²) in [6.45, 7) is 5.51. The molecule has 0 aromatic heterocycles. The Kier molecular flexibility index (Phi) is 4.04. The van der Waals surface area contributed by atoms with Gasteiger partial charge in [-0.25, -0.2) is 4.79 Å². The summed E-state index contributed by atoms with van der Waals surface area (Å²) in [4.78, 5) is 35.1. The smallest absolute Gasteiger partial charge is 0.277 e. The van der Waals surface area contributed by atoms with E-state index in [9.17, 15) is 14.4 Å². The maximum Gasteiger partial charge on any atom is 0.328 e. The third-order valence-electron chi connectivity index (χ3n) is 3.24. The number of hydrogen-bond donors (Lipinski definition) is 2. The Morgan fingerprint density at radius 3 is 2.18 bits per heavy atom. The summed E-state index contributed by atoms with van der Waals surface area (Å²) in [5.74, 6) is -1.04. The van der Waals surface area contributed by atoms with Crippen LogP contribution in [-0.4, -0.2) is 17.8 Å². The van der Waals surface area contributed by atoms with Crippen molar-refractivity contribution in [3.8, 4) is 0 Å². The van der Waals surface area contributed by atoms with Gasteiger partial charge in [0.2, 0.25) is 11.8 Å². The molecule has 1 fully saturated rings. The molecule has 1 saturated heterocycles. The van der Waals surface area contributed by atoms with E-state index in [4.69, 9.17) is 0 Å². The van der Waals surface area contributed by atoms with Crippen LogP contribution in [0.5, 0.6) is 0 Å². The lowest BCUT2D eigenvalue weighted by atomic mass is 9.73. The monoisotopic (exact) mass is 238 g/mol. The third kappa shape index (κ3) is 2.23. The van der Waals surface area contributed by atoms with Gasteiger partial charge in [0.25, 0.3) is 0 Å². The molecule has 0 radical (unpaired) electrons. The van der Waals surface area contributed by atoms with E-state index in [1.54, 1.807) is 19.9 Å². The molecule has 5 nitrogen and oxygen atoms in total. The average molecular weight is 238 g/mol. The summed E-state index contributed by atoms with van der Waals surface area (Å²) in [5.41, 5.74) is -0.549. The van der Waals surface area contributed by atoms with Crippen LogP contribution < -0.4 is 10.6 Å². The second-order valence-electron chi connectivity index (χ2n) is 4.22. The fourth-order valence-electron chi connectivity index (χ4n) is 2.02. The minimum Gasteiger partial charge on any atom is -0.277 e. The molecule has 1 aliphatic heterocycles. The first-order chi connectivity index (χ1) is 7.98. The number of nitrogens with one attached hydrogen (secondary N) is 2. The van der Waals surface area contributed by atoms with Gasteiger partial charge >= 0.3 is 6.03 Å². The average Bonchev–Trinajstić information content (AvgIpc) is 2.27. The zero-order valence-corrected chi connectivity index (χ0v) is 10.4. The highest BCUT2D eigenvalue weighted by Gasteiger charge is 2.50. The van der Waals surface area contributed by atoms with E-state index in [0.717, 1.165) is 12.8 Å². The summed E-state index contributed by atoms with van der Waals surface area (Å²) in [5, 5.41) is 4.35. The molecule has 0 saturated carbocycles. The van der Waals surface area contributed by atoms with Crippen LogP contribution >= 0.6 is 0 Å². The molecule has 0 bridgehead atoms. The number of rotatable bonds is 4. The molecule has 0 aromatic rings. The SMILES string of the molecule is CC=C(C)C1(CCCC)C(=O)NC(=O)NC1=O. The van der Waals surface area contributed by atoms with Gasteiger partial charge in [-0.05, 0) is 20.3 Å². The standard InChI is InChI=1S/C12H18N2O3/c1-4-6-7-12(8(3)5-2)9(15)13-11(17)14-10(12)16/h5H,4,6-7H2,1-3H3,(H2,13,14,15,16,17). The van der Waals surface area contributed by atoms with Gasteiger partial charge in [0.15, 0.2) is 0 Å². The van der Waals surface area contributed by atoms with Gasteiger partial charge in [-0.15, -0.1) is 0 Å². The van der Waals surface area contributed by atoms with Crippen molar-refractivity contribution in [3.63, 3.8) is 0 Å². The molecule has 0 aromatic carbocycles. The van der Waals surface area contributed by atoms with Gasteiger partial charge in [0.05, 0.1) is 0 Å². The predicted molar refractivity (Wildman–Crippen MR) is 63.1 cm³/mol. The third-order valence-corrected chi connectivity index (χ3v) is 3.24. The van der Waals surface area contributed by atoms with E-state index in [-0.39, 0.29) is 0 Å². The molecule has 0 spiro atoms. The molecular weight excluding hydrogens is 220 g/mol. The molecule has 0 aliphatic carbocycles. The quantitative estimate of drug-likeness (QED) is 0.575. The molecule has 1 rings (SSSR count). The molecule has 5 heteroatoms. The summed E-state index contributed by atoms with van der Waals surface area (Å²) in [6.07, 6.45) is 3.79. The van der Waals surface area contributed by atoms with Crippen LogP contribution in [0.25, 0.3) is 0 Å². The van der Waals surface area contributed by atoms with Crippen LogP contribution in [0.2, 0.25) is 0 Å². The van der Waals surface area contributed by atoms with E-state index in [2.05, 4.69) is 10.6 Å². The number of hydrogen-bond acceptors (Lipinski definition) is 3.